The summed E-state index contributed by atoms with van der Waals surface area (Å²) in [6.45, 7) is 8.77. The first-order valence-electron chi connectivity index (χ1n) is 14.8. The van der Waals surface area contributed by atoms with Gasteiger partial charge in [-0.25, -0.2) is 4.79 Å². The summed E-state index contributed by atoms with van der Waals surface area (Å²) < 4.78 is 85.5. The van der Waals surface area contributed by atoms with Crippen molar-refractivity contribution in [1.29, 1.82) is 0 Å². The summed E-state index contributed by atoms with van der Waals surface area (Å²) in [5, 5.41) is 1.96. The first-order valence-corrected chi connectivity index (χ1v) is 14.8. The summed E-state index contributed by atoms with van der Waals surface area (Å²) in [7, 11) is 1.25. The van der Waals surface area contributed by atoms with E-state index in [4.69, 9.17) is 14.2 Å². The molecule has 258 valence electrons. The van der Waals surface area contributed by atoms with Gasteiger partial charge in [-0.1, -0.05) is 0 Å². The van der Waals surface area contributed by atoms with Gasteiger partial charge in [0.05, 0.1) is 29.5 Å². The molecule has 2 heterocycles. The molecule has 16 heteroatoms. The molecule has 2 atom stereocenters. The molecule has 3 rings (SSSR count). The van der Waals surface area contributed by atoms with Gasteiger partial charge in [0.2, 0.25) is 5.60 Å². The van der Waals surface area contributed by atoms with Gasteiger partial charge in [0.1, 0.15) is 11.4 Å². The Morgan fingerprint density at radius 3 is 2.37 bits per heavy atom. The van der Waals surface area contributed by atoms with Gasteiger partial charge >= 0.3 is 18.7 Å². The number of ether oxygens (including phenoxy) is 3. The molecule has 0 aliphatic carbocycles. The molecule has 46 heavy (non-hydrogen) atoms. The highest BCUT2D eigenvalue weighted by Gasteiger charge is 2.48. The molecule has 0 radical (unpaired) electrons. The molecule has 1 saturated heterocycles. The maximum Gasteiger partial charge on any atom is 0.417 e. The van der Waals surface area contributed by atoms with Crippen LogP contribution in [-0.4, -0.2) is 103 Å². The number of nitrogens with zero attached hydrogens (tertiary/aromatic N) is 3. The minimum Gasteiger partial charge on any atom is -0.473 e. The van der Waals surface area contributed by atoms with Crippen LogP contribution < -0.4 is 15.0 Å². The van der Waals surface area contributed by atoms with Crippen LogP contribution in [0.1, 0.15) is 70.3 Å². The number of methoxy groups -OCH3 is 1. The fraction of sp³-hybridized carbons (Fsp3) is 0.667. The first-order chi connectivity index (χ1) is 21.2. The van der Waals surface area contributed by atoms with Gasteiger partial charge in [0.25, 0.3) is 17.7 Å². The van der Waals surface area contributed by atoms with Crippen LogP contribution in [0.15, 0.2) is 12.1 Å². The average molecular weight is 665 g/mol. The molecule has 4 amide bonds. The van der Waals surface area contributed by atoms with Crippen molar-refractivity contribution in [3.8, 4) is 5.75 Å². The van der Waals surface area contributed by atoms with E-state index in [9.17, 15) is 41.1 Å². The van der Waals surface area contributed by atoms with Gasteiger partial charge < -0.3 is 34.2 Å². The Morgan fingerprint density at radius 2 is 1.83 bits per heavy atom. The van der Waals surface area contributed by atoms with Gasteiger partial charge in [-0.3, -0.25) is 14.4 Å². The lowest BCUT2D eigenvalue weighted by atomic mass is 9.96. The third-order valence-corrected chi connectivity index (χ3v) is 7.44. The number of amides is 4. The van der Waals surface area contributed by atoms with Gasteiger partial charge in [0.15, 0.2) is 0 Å². The van der Waals surface area contributed by atoms with E-state index in [1.165, 1.54) is 23.8 Å². The fourth-order valence-corrected chi connectivity index (χ4v) is 5.55. The van der Waals surface area contributed by atoms with Crippen molar-refractivity contribution in [2.45, 2.75) is 90.3 Å². The van der Waals surface area contributed by atoms with Crippen molar-refractivity contribution >= 4 is 29.5 Å². The Balaban J connectivity index is 2.08. The summed E-state index contributed by atoms with van der Waals surface area (Å²) in [6.07, 6.45) is -8.09. The lowest BCUT2D eigenvalue weighted by Crippen LogP contribution is -2.58. The van der Waals surface area contributed by atoms with Crippen molar-refractivity contribution < 1.29 is 55.3 Å². The number of rotatable bonds is 9. The number of alkyl halides is 5. The molecular weight excluding hydrogens is 623 g/mol. The Labute approximate surface area is 264 Å². The highest BCUT2D eigenvalue weighted by molar-refractivity contribution is 6.05. The summed E-state index contributed by atoms with van der Waals surface area (Å²) in [6, 6.07) is 0.259. The van der Waals surface area contributed by atoms with Gasteiger partial charge in [-0.2, -0.15) is 22.0 Å². The molecule has 2 aliphatic heterocycles. The number of halogens is 5. The lowest BCUT2D eigenvalue weighted by Gasteiger charge is -2.43. The molecular formula is C30H41F5N4O7. The number of fused-ring (bicyclic) bond motifs is 1. The second-order valence-corrected chi connectivity index (χ2v) is 12.7. The zero-order chi connectivity index (χ0) is 34.8. The number of benzene rings is 1. The van der Waals surface area contributed by atoms with E-state index in [0.29, 0.717) is 25.5 Å². The minimum absolute atomic E-state index is 0.0258. The SMILES string of the molecule is COCC1(C)Oc2cc(C(F)(F)F)c(C(=O)N(C(C)C)[C@@H]3CCCN(C(=O)OC(C)(C)C)C3)cc2N(CCNC(=O)C(F)F)C1=O. The summed E-state index contributed by atoms with van der Waals surface area (Å²) in [4.78, 5) is 55.6. The van der Waals surface area contributed by atoms with Crippen LogP contribution in [0.3, 0.4) is 0 Å². The standard InChI is InChI=1S/C30H41F5N4O7/c1-17(2)39(18-9-8-11-37(15-18)27(43)46-28(3,4)5)25(41)19-13-21-22(14-20(19)30(33,34)35)45-29(6,16-44-7)26(42)38(21)12-10-36-24(40)23(31)32/h13-14,17-18,23H,8-12,15-16H2,1-7H3,(H,36,40)/t18-,29?/m1/s1. The molecule has 1 aromatic carbocycles. The van der Waals surface area contributed by atoms with Crippen molar-refractivity contribution in [3.05, 3.63) is 23.3 Å². The van der Waals surface area contributed by atoms with E-state index in [1.807, 2.05) is 5.32 Å². The molecule has 0 bridgehead atoms. The summed E-state index contributed by atoms with van der Waals surface area (Å²) in [5.41, 5.74) is -4.90. The van der Waals surface area contributed by atoms with Crippen LogP contribution in [0, 0.1) is 0 Å². The molecule has 1 fully saturated rings. The number of likely N-dealkylation sites (tertiary alicyclic amines) is 1. The van der Waals surface area contributed by atoms with E-state index in [-0.39, 0.29) is 18.8 Å². The number of nitrogens with one attached hydrogen (secondary N) is 1. The minimum atomic E-state index is -5.03. The largest absolute Gasteiger partial charge is 0.473 e. The molecule has 11 nitrogen and oxygen atoms in total. The van der Waals surface area contributed by atoms with Crippen molar-refractivity contribution in [2.75, 3.05) is 44.8 Å². The van der Waals surface area contributed by atoms with Crippen LogP contribution in [0.2, 0.25) is 0 Å². The van der Waals surface area contributed by atoms with Crippen LogP contribution >= 0.6 is 0 Å². The molecule has 0 aromatic heterocycles. The number of carbonyl (C=O) groups is 4. The first kappa shape index (κ1) is 36.8. The topological polar surface area (TPSA) is 118 Å². The Bertz CT molecular complexity index is 1320. The molecule has 1 aromatic rings. The van der Waals surface area contributed by atoms with Crippen molar-refractivity contribution in [2.24, 2.45) is 0 Å². The van der Waals surface area contributed by atoms with E-state index < -0.39 is 89.7 Å². The summed E-state index contributed by atoms with van der Waals surface area (Å²) >= 11 is 0. The van der Waals surface area contributed by atoms with E-state index in [2.05, 4.69) is 0 Å². The van der Waals surface area contributed by atoms with Crippen molar-refractivity contribution in [1.82, 2.24) is 15.1 Å². The lowest BCUT2D eigenvalue weighted by molar-refractivity contribution is -0.140. The molecule has 2 aliphatic rings. The monoisotopic (exact) mass is 664 g/mol. The van der Waals surface area contributed by atoms with Crippen LogP contribution in [-0.2, 0) is 25.2 Å². The Morgan fingerprint density at radius 1 is 1.17 bits per heavy atom. The number of hydrogen-bond acceptors (Lipinski definition) is 7. The highest BCUT2D eigenvalue weighted by Crippen LogP contribution is 2.44. The third kappa shape index (κ3) is 8.36. The predicted octanol–water partition coefficient (Wildman–Crippen LogP) is 4.47. The molecule has 1 N–H and O–H groups in total. The van der Waals surface area contributed by atoms with Gasteiger partial charge in [-0.15, -0.1) is 0 Å². The van der Waals surface area contributed by atoms with Crippen LogP contribution in [0.25, 0.3) is 0 Å². The zero-order valence-corrected chi connectivity index (χ0v) is 26.9. The highest BCUT2D eigenvalue weighted by atomic mass is 19.4. The van der Waals surface area contributed by atoms with Gasteiger partial charge in [0, 0.05) is 39.3 Å². The van der Waals surface area contributed by atoms with E-state index >= 15 is 0 Å². The molecule has 0 saturated carbocycles. The number of piperidine rings is 1. The second-order valence-electron chi connectivity index (χ2n) is 12.7. The quantitative estimate of drug-likeness (QED) is 0.388. The Kier molecular flexibility index (Phi) is 11.2. The maximum absolute atomic E-state index is 14.6. The maximum atomic E-state index is 14.6. The molecule has 0 spiro atoms. The Hall–Kier alpha value is -3.69. The smallest absolute Gasteiger partial charge is 0.417 e. The second kappa shape index (κ2) is 14.0. The average Bonchev–Trinajstić information content (AvgIpc) is 2.93. The van der Waals surface area contributed by atoms with Crippen LogP contribution in [0.5, 0.6) is 5.75 Å². The van der Waals surface area contributed by atoms with E-state index in [1.54, 1.807) is 34.6 Å². The van der Waals surface area contributed by atoms with E-state index in [0.717, 1.165) is 11.0 Å². The number of anilines is 1. The normalized spacial score (nSPS) is 20.4. The predicted molar refractivity (Wildman–Crippen MR) is 156 cm³/mol. The fourth-order valence-electron chi connectivity index (χ4n) is 5.55. The summed E-state index contributed by atoms with van der Waals surface area (Å²) in [5.74, 6) is -3.77. The zero-order valence-electron chi connectivity index (χ0n) is 26.9. The van der Waals surface area contributed by atoms with Crippen LogP contribution in [0.4, 0.5) is 32.4 Å². The van der Waals surface area contributed by atoms with Gasteiger partial charge in [-0.05, 0) is 66.5 Å². The number of hydrogen-bond donors (Lipinski definition) is 1. The number of carbonyl (C=O) groups excluding carboxylic acids is 4. The molecule has 1 unspecified atom stereocenters. The third-order valence-electron chi connectivity index (χ3n) is 7.44. The van der Waals surface area contributed by atoms with Crippen molar-refractivity contribution in [3.63, 3.8) is 0 Å².